The molecule has 0 amide bonds. The minimum atomic E-state index is -0.733. The van der Waals surface area contributed by atoms with E-state index in [2.05, 4.69) is 15.3 Å². The molecule has 1 heterocycles. The molecule has 1 rings (SSSR count). The highest BCUT2D eigenvalue weighted by molar-refractivity contribution is 5.35. The quantitative estimate of drug-likeness (QED) is 0.675. The van der Waals surface area contributed by atoms with Crippen molar-refractivity contribution in [3.05, 3.63) is 12.3 Å². The highest BCUT2D eigenvalue weighted by Crippen LogP contribution is 2.12. The number of rotatable bonds is 5. The third-order valence-corrected chi connectivity index (χ3v) is 2.09. The van der Waals surface area contributed by atoms with Crippen LogP contribution in [-0.2, 0) is 0 Å². The number of nitrogens with one attached hydrogen (secondary N) is 1. The lowest BCUT2D eigenvalue weighted by Gasteiger charge is -2.22. The van der Waals surface area contributed by atoms with Gasteiger partial charge >= 0.3 is 0 Å². The summed E-state index contributed by atoms with van der Waals surface area (Å²) in [4.78, 5) is 7.97. The van der Waals surface area contributed by atoms with Gasteiger partial charge in [0.15, 0.2) is 0 Å². The number of hydrogen-bond acceptors (Lipinski definition) is 5. The summed E-state index contributed by atoms with van der Waals surface area (Å²) in [5, 5.41) is 12.9. The van der Waals surface area contributed by atoms with Gasteiger partial charge in [-0.2, -0.15) is 4.98 Å². The highest BCUT2D eigenvalue weighted by Gasteiger charge is 2.18. The third-order valence-electron chi connectivity index (χ3n) is 2.09. The van der Waals surface area contributed by atoms with E-state index in [0.717, 1.165) is 12.8 Å². The number of nitrogen functional groups attached to an aromatic ring is 1. The first-order valence-electron chi connectivity index (χ1n) is 5.08. The van der Waals surface area contributed by atoms with Gasteiger partial charge in [0, 0.05) is 12.7 Å². The van der Waals surface area contributed by atoms with Gasteiger partial charge in [0.1, 0.15) is 5.82 Å². The molecular weight excluding hydrogens is 192 g/mol. The average Bonchev–Trinajstić information content (AvgIpc) is 2.15. The molecule has 0 saturated heterocycles. The van der Waals surface area contributed by atoms with Crippen molar-refractivity contribution in [2.45, 2.75) is 32.3 Å². The van der Waals surface area contributed by atoms with Crippen molar-refractivity contribution in [2.75, 3.05) is 17.6 Å². The lowest BCUT2D eigenvalue weighted by molar-refractivity contribution is 0.0635. The van der Waals surface area contributed by atoms with Crippen molar-refractivity contribution >= 4 is 11.8 Å². The van der Waals surface area contributed by atoms with Crippen LogP contribution in [0.25, 0.3) is 0 Å². The first-order valence-corrected chi connectivity index (χ1v) is 5.08. The Hall–Kier alpha value is -1.36. The van der Waals surface area contributed by atoms with Gasteiger partial charge in [-0.3, -0.25) is 0 Å². The maximum atomic E-state index is 9.90. The van der Waals surface area contributed by atoms with E-state index in [1.165, 1.54) is 0 Å². The van der Waals surface area contributed by atoms with E-state index in [-0.39, 0.29) is 0 Å². The number of aliphatic hydroxyl groups is 1. The SMILES string of the molecule is CCCC(C)(O)CNc1nccc(N)n1. The van der Waals surface area contributed by atoms with Crippen LogP contribution in [0.3, 0.4) is 0 Å². The molecule has 0 aliphatic carbocycles. The zero-order valence-electron chi connectivity index (χ0n) is 9.20. The maximum Gasteiger partial charge on any atom is 0.224 e. The predicted octanol–water partition coefficient (Wildman–Crippen LogP) is 1.02. The molecule has 4 N–H and O–H groups in total. The summed E-state index contributed by atoms with van der Waals surface area (Å²) in [5.74, 6) is 0.869. The van der Waals surface area contributed by atoms with Crippen LogP contribution in [0.1, 0.15) is 26.7 Å². The van der Waals surface area contributed by atoms with Crippen LogP contribution in [-0.4, -0.2) is 27.2 Å². The minimum absolute atomic E-state index is 0.419. The Morgan fingerprint density at radius 2 is 2.33 bits per heavy atom. The first kappa shape index (κ1) is 11.7. The number of nitrogens with two attached hydrogens (primary N) is 1. The summed E-state index contributed by atoms with van der Waals surface area (Å²) in [6.45, 7) is 4.24. The van der Waals surface area contributed by atoms with E-state index in [9.17, 15) is 5.11 Å². The molecule has 15 heavy (non-hydrogen) atoms. The van der Waals surface area contributed by atoms with Gasteiger partial charge in [-0.05, 0) is 19.4 Å². The van der Waals surface area contributed by atoms with Gasteiger partial charge in [0.25, 0.3) is 0 Å². The summed E-state index contributed by atoms with van der Waals surface area (Å²) in [7, 11) is 0. The molecule has 1 aromatic heterocycles. The summed E-state index contributed by atoms with van der Waals surface area (Å²) >= 11 is 0. The maximum absolute atomic E-state index is 9.90. The topological polar surface area (TPSA) is 84.1 Å². The van der Waals surface area contributed by atoms with Gasteiger partial charge in [0.2, 0.25) is 5.95 Å². The standard InChI is InChI=1S/C10H18N4O/c1-3-5-10(2,15)7-13-9-12-6-4-8(11)14-9/h4,6,15H,3,5,7H2,1-2H3,(H3,11,12,13,14). The predicted molar refractivity (Wildman–Crippen MR) is 60.5 cm³/mol. The van der Waals surface area contributed by atoms with Crippen molar-refractivity contribution in [1.82, 2.24) is 9.97 Å². The molecule has 5 heteroatoms. The molecular formula is C10H18N4O. The summed E-state index contributed by atoms with van der Waals surface area (Å²) in [6, 6.07) is 1.62. The Kier molecular flexibility index (Phi) is 3.85. The molecule has 0 bridgehead atoms. The molecule has 1 atom stereocenters. The fourth-order valence-corrected chi connectivity index (χ4v) is 1.35. The molecule has 5 nitrogen and oxygen atoms in total. The Balaban J connectivity index is 2.49. The Bertz CT molecular complexity index is 314. The lowest BCUT2D eigenvalue weighted by atomic mass is 10.0. The number of aromatic nitrogens is 2. The Morgan fingerprint density at radius 1 is 1.60 bits per heavy atom. The summed E-state index contributed by atoms with van der Waals surface area (Å²) < 4.78 is 0. The van der Waals surface area contributed by atoms with E-state index in [1.807, 2.05) is 6.92 Å². The van der Waals surface area contributed by atoms with E-state index in [0.29, 0.717) is 18.3 Å². The van der Waals surface area contributed by atoms with Crippen LogP contribution in [0.15, 0.2) is 12.3 Å². The van der Waals surface area contributed by atoms with Crippen molar-refractivity contribution in [1.29, 1.82) is 0 Å². The normalized spacial score (nSPS) is 14.6. The molecule has 0 spiro atoms. The lowest BCUT2D eigenvalue weighted by Crippen LogP contribution is -2.33. The third kappa shape index (κ3) is 4.12. The molecule has 1 aromatic rings. The highest BCUT2D eigenvalue weighted by atomic mass is 16.3. The van der Waals surface area contributed by atoms with Crippen LogP contribution >= 0.6 is 0 Å². The van der Waals surface area contributed by atoms with Crippen molar-refractivity contribution < 1.29 is 5.11 Å². The van der Waals surface area contributed by atoms with E-state index in [1.54, 1.807) is 19.2 Å². The molecule has 0 saturated carbocycles. The second kappa shape index (κ2) is 4.93. The largest absolute Gasteiger partial charge is 0.388 e. The Labute approximate surface area is 89.7 Å². The number of nitrogens with zero attached hydrogens (tertiary/aromatic N) is 2. The second-order valence-electron chi connectivity index (χ2n) is 3.91. The van der Waals surface area contributed by atoms with Crippen molar-refractivity contribution in [3.8, 4) is 0 Å². The minimum Gasteiger partial charge on any atom is -0.388 e. The summed E-state index contributed by atoms with van der Waals surface area (Å²) in [5.41, 5.74) is 4.77. The Morgan fingerprint density at radius 3 is 2.93 bits per heavy atom. The first-order chi connectivity index (χ1) is 7.03. The van der Waals surface area contributed by atoms with E-state index >= 15 is 0 Å². The van der Waals surface area contributed by atoms with Crippen LogP contribution in [0, 0.1) is 0 Å². The molecule has 0 fully saturated rings. The summed E-state index contributed by atoms with van der Waals surface area (Å²) in [6.07, 6.45) is 3.26. The van der Waals surface area contributed by atoms with Gasteiger partial charge in [-0.1, -0.05) is 13.3 Å². The molecule has 1 unspecified atom stereocenters. The van der Waals surface area contributed by atoms with Crippen molar-refractivity contribution in [2.24, 2.45) is 0 Å². The number of hydrogen-bond donors (Lipinski definition) is 3. The molecule has 0 aliphatic rings. The average molecular weight is 210 g/mol. The zero-order valence-corrected chi connectivity index (χ0v) is 9.20. The molecule has 84 valence electrons. The van der Waals surface area contributed by atoms with Crippen LogP contribution < -0.4 is 11.1 Å². The fraction of sp³-hybridized carbons (Fsp3) is 0.600. The van der Waals surface area contributed by atoms with Gasteiger partial charge in [-0.15, -0.1) is 0 Å². The zero-order chi connectivity index (χ0) is 11.3. The van der Waals surface area contributed by atoms with E-state index < -0.39 is 5.60 Å². The monoisotopic (exact) mass is 210 g/mol. The van der Waals surface area contributed by atoms with Gasteiger partial charge in [0.05, 0.1) is 5.60 Å². The number of anilines is 2. The smallest absolute Gasteiger partial charge is 0.224 e. The molecule has 0 aromatic carbocycles. The van der Waals surface area contributed by atoms with Crippen LogP contribution in [0.4, 0.5) is 11.8 Å². The van der Waals surface area contributed by atoms with E-state index in [4.69, 9.17) is 5.73 Å². The second-order valence-corrected chi connectivity index (χ2v) is 3.91. The fourth-order valence-electron chi connectivity index (χ4n) is 1.35. The van der Waals surface area contributed by atoms with Crippen LogP contribution in [0.2, 0.25) is 0 Å². The van der Waals surface area contributed by atoms with Crippen LogP contribution in [0.5, 0.6) is 0 Å². The van der Waals surface area contributed by atoms with Crippen molar-refractivity contribution in [3.63, 3.8) is 0 Å². The van der Waals surface area contributed by atoms with Gasteiger partial charge in [-0.25, -0.2) is 4.98 Å². The van der Waals surface area contributed by atoms with Gasteiger partial charge < -0.3 is 16.2 Å². The molecule has 0 radical (unpaired) electrons. The molecule has 0 aliphatic heterocycles.